The Morgan fingerprint density at radius 3 is 2.28 bits per heavy atom. The molecular formula is C11H23N3O4. The first-order chi connectivity index (χ1) is 8.36. The molecule has 0 spiro atoms. The second-order valence-electron chi connectivity index (χ2n) is 4.51. The standard InChI is InChI=1S/C11H23N3O4/c1-8(4-6-14(2)3)12-11(18)13-9(5-7-15)10(16)17/h8-9,15H,4-7H2,1-3H3,(H,16,17)(H2,12,13,18)/t8?,9-/m0/s1. The fourth-order valence-corrected chi connectivity index (χ4v) is 1.33. The Morgan fingerprint density at radius 2 is 1.83 bits per heavy atom. The Morgan fingerprint density at radius 1 is 1.22 bits per heavy atom. The zero-order chi connectivity index (χ0) is 14.1. The fourth-order valence-electron chi connectivity index (χ4n) is 1.33. The molecule has 0 aliphatic rings. The second kappa shape index (κ2) is 8.71. The number of hydrogen-bond acceptors (Lipinski definition) is 4. The summed E-state index contributed by atoms with van der Waals surface area (Å²) in [7, 11) is 3.88. The maximum absolute atomic E-state index is 11.5. The molecule has 1 unspecified atom stereocenters. The van der Waals surface area contributed by atoms with Gasteiger partial charge in [0.25, 0.3) is 0 Å². The minimum atomic E-state index is -1.15. The van der Waals surface area contributed by atoms with Crippen LogP contribution in [0.3, 0.4) is 0 Å². The maximum Gasteiger partial charge on any atom is 0.326 e. The molecule has 7 nitrogen and oxygen atoms in total. The third-order valence-electron chi connectivity index (χ3n) is 2.41. The van der Waals surface area contributed by atoms with Crippen LogP contribution in [0.5, 0.6) is 0 Å². The van der Waals surface area contributed by atoms with Crippen molar-refractivity contribution in [3.8, 4) is 0 Å². The molecule has 0 aromatic rings. The predicted molar refractivity (Wildman–Crippen MR) is 67.4 cm³/mol. The molecule has 2 atom stereocenters. The van der Waals surface area contributed by atoms with Gasteiger partial charge in [-0.1, -0.05) is 0 Å². The summed E-state index contributed by atoms with van der Waals surface area (Å²) in [4.78, 5) is 24.3. The SMILES string of the molecule is CC(CCN(C)C)NC(=O)N[C@@H](CCO)C(=O)O. The summed E-state index contributed by atoms with van der Waals surface area (Å²) in [6, 6.07) is -1.63. The van der Waals surface area contributed by atoms with E-state index in [4.69, 9.17) is 10.2 Å². The van der Waals surface area contributed by atoms with E-state index in [1.165, 1.54) is 0 Å². The van der Waals surface area contributed by atoms with E-state index in [0.717, 1.165) is 13.0 Å². The van der Waals surface area contributed by atoms with Crippen LogP contribution in [0.25, 0.3) is 0 Å². The average molecular weight is 261 g/mol. The highest BCUT2D eigenvalue weighted by molar-refractivity contribution is 5.82. The van der Waals surface area contributed by atoms with Crippen molar-refractivity contribution in [1.29, 1.82) is 0 Å². The molecule has 0 aliphatic carbocycles. The van der Waals surface area contributed by atoms with Crippen LogP contribution in [0, 0.1) is 0 Å². The van der Waals surface area contributed by atoms with Gasteiger partial charge in [-0.05, 0) is 34.0 Å². The lowest BCUT2D eigenvalue weighted by atomic mass is 10.2. The van der Waals surface area contributed by atoms with Crippen LogP contribution in [0.1, 0.15) is 19.8 Å². The normalized spacial score (nSPS) is 14.1. The largest absolute Gasteiger partial charge is 0.480 e. The smallest absolute Gasteiger partial charge is 0.326 e. The molecular weight excluding hydrogens is 238 g/mol. The van der Waals surface area contributed by atoms with Gasteiger partial charge in [0.15, 0.2) is 0 Å². The molecule has 18 heavy (non-hydrogen) atoms. The van der Waals surface area contributed by atoms with Crippen LogP contribution in [-0.2, 0) is 4.79 Å². The minimum Gasteiger partial charge on any atom is -0.480 e. The van der Waals surface area contributed by atoms with Crippen molar-refractivity contribution < 1.29 is 19.8 Å². The van der Waals surface area contributed by atoms with E-state index < -0.39 is 18.0 Å². The summed E-state index contributed by atoms with van der Waals surface area (Å²) < 4.78 is 0. The van der Waals surface area contributed by atoms with E-state index >= 15 is 0 Å². The molecule has 0 bridgehead atoms. The van der Waals surface area contributed by atoms with Crippen LogP contribution < -0.4 is 10.6 Å². The topological polar surface area (TPSA) is 102 Å². The lowest BCUT2D eigenvalue weighted by molar-refractivity contribution is -0.139. The maximum atomic E-state index is 11.5. The van der Waals surface area contributed by atoms with Crippen LogP contribution in [0.4, 0.5) is 4.79 Å². The molecule has 7 heteroatoms. The first-order valence-corrected chi connectivity index (χ1v) is 5.92. The summed E-state index contributed by atoms with van der Waals surface area (Å²) in [5, 5.41) is 22.5. The van der Waals surface area contributed by atoms with E-state index in [0.29, 0.717) is 0 Å². The monoisotopic (exact) mass is 261 g/mol. The Kier molecular flexibility index (Phi) is 8.06. The molecule has 106 valence electrons. The van der Waals surface area contributed by atoms with Gasteiger partial charge in [0.05, 0.1) is 0 Å². The number of aliphatic hydroxyl groups excluding tert-OH is 1. The van der Waals surface area contributed by atoms with Gasteiger partial charge >= 0.3 is 12.0 Å². The first-order valence-electron chi connectivity index (χ1n) is 5.92. The Labute approximate surface area is 107 Å². The quantitative estimate of drug-likeness (QED) is 0.470. The van der Waals surface area contributed by atoms with Gasteiger partial charge in [-0.3, -0.25) is 0 Å². The Hall–Kier alpha value is -1.34. The van der Waals surface area contributed by atoms with Gasteiger partial charge in [0.2, 0.25) is 0 Å². The third kappa shape index (κ3) is 7.86. The number of hydrogen-bond donors (Lipinski definition) is 4. The van der Waals surface area contributed by atoms with E-state index in [1.807, 2.05) is 25.9 Å². The molecule has 2 amide bonds. The number of rotatable bonds is 8. The third-order valence-corrected chi connectivity index (χ3v) is 2.41. The van der Waals surface area contributed by atoms with Crippen molar-refractivity contribution in [3.63, 3.8) is 0 Å². The van der Waals surface area contributed by atoms with Gasteiger partial charge < -0.3 is 25.7 Å². The molecule has 0 saturated carbocycles. The van der Waals surface area contributed by atoms with Crippen molar-refractivity contribution in [2.75, 3.05) is 27.2 Å². The first kappa shape index (κ1) is 16.7. The molecule has 0 saturated heterocycles. The number of nitrogens with one attached hydrogen (secondary N) is 2. The van der Waals surface area contributed by atoms with Gasteiger partial charge in [-0.2, -0.15) is 0 Å². The van der Waals surface area contributed by atoms with Crippen LogP contribution in [0.2, 0.25) is 0 Å². The highest BCUT2D eigenvalue weighted by Gasteiger charge is 2.19. The van der Waals surface area contributed by atoms with Crippen molar-refractivity contribution in [2.24, 2.45) is 0 Å². The molecule has 0 heterocycles. The minimum absolute atomic E-state index is 0.00513. The zero-order valence-corrected chi connectivity index (χ0v) is 11.1. The number of aliphatic hydroxyl groups is 1. The summed E-state index contributed by atoms with van der Waals surface area (Å²) in [6.07, 6.45) is 0.771. The summed E-state index contributed by atoms with van der Waals surface area (Å²) in [5.41, 5.74) is 0. The summed E-state index contributed by atoms with van der Waals surface area (Å²) in [6.45, 7) is 2.40. The zero-order valence-electron chi connectivity index (χ0n) is 11.1. The van der Waals surface area contributed by atoms with Crippen LogP contribution >= 0.6 is 0 Å². The number of carbonyl (C=O) groups excluding carboxylic acids is 1. The highest BCUT2D eigenvalue weighted by Crippen LogP contribution is 1.94. The number of carboxylic acids is 1. The lowest BCUT2D eigenvalue weighted by Crippen LogP contribution is -2.49. The Balaban J connectivity index is 4.03. The number of aliphatic carboxylic acids is 1. The predicted octanol–water partition coefficient (Wildman–Crippen LogP) is -0.539. The highest BCUT2D eigenvalue weighted by atomic mass is 16.4. The fraction of sp³-hybridized carbons (Fsp3) is 0.818. The van der Waals surface area contributed by atoms with E-state index in [2.05, 4.69) is 10.6 Å². The summed E-state index contributed by atoms with van der Waals surface area (Å²) in [5.74, 6) is -1.15. The molecule has 0 radical (unpaired) electrons. The van der Waals surface area contributed by atoms with Crippen molar-refractivity contribution in [3.05, 3.63) is 0 Å². The molecule has 0 rings (SSSR count). The van der Waals surface area contributed by atoms with Gasteiger partial charge in [-0.15, -0.1) is 0 Å². The van der Waals surface area contributed by atoms with Crippen molar-refractivity contribution in [2.45, 2.75) is 31.8 Å². The van der Waals surface area contributed by atoms with Gasteiger partial charge in [0.1, 0.15) is 6.04 Å². The molecule has 4 N–H and O–H groups in total. The number of carboxylic acid groups (broad SMARTS) is 1. The number of nitrogens with zero attached hydrogens (tertiary/aromatic N) is 1. The van der Waals surface area contributed by atoms with Crippen LogP contribution in [-0.4, -0.2) is 66.4 Å². The molecule has 0 fully saturated rings. The molecule has 0 aromatic carbocycles. The lowest BCUT2D eigenvalue weighted by Gasteiger charge is -2.19. The van der Waals surface area contributed by atoms with Crippen molar-refractivity contribution >= 4 is 12.0 Å². The number of amides is 2. The number of carbonyl (C=O) groups is 2. The van der Waals surface area contributed by atoms with Gasteiger partial charge in [-0.25, -0.2) is 9.59 Å². The number of urea groups is 1. The summed E-state index contributed by atoms with van der Waals surface area (Å²) >= 11 is 0. The Bertz CT molecular complexity index is 271. The second-order valence-corrected chi connectivity index (χ2v) is 4.51. The van der Waals surface area contributed by atoms with E-state index in [-0.39, 0.29) is 19.1 Å². The van der Waals surface area contributed by atoms with Gasteiger partial charge in [0, 0.05) is 19.1 Å². The molecule has 0 aromatic heterocycles. The molecule has 0 aliphatic heterocycles. The van der Waals surface area contributed by atoms with E-state index in [9.17, 15) is 9.59 Å². The average Bonchev–Trinajstić information content (AvgIpc) is 2.25. The van der Waals surface area contributed by atoms with Crippen LogP contribution in [0.15, 0.2) is 0 Å². The van der Waals surface area contributed by atoms with E-state index in [1.54, 1.807) is 0 Å². The van der Waals surface area contributed by atoms with Crippen molar-refractivity contribution in [1.82, 2.24) is 15.5 Å².